The smallest absolute Gasteiger partial charge is 0.343 e. The molecular weight excluding hydrogens is 533 g/mol. The van der Waals surface area contributed by atoms with E-state index in [1.54, 1.807) is 24.3 Å². The Labute approximate surface area is 223 Å². The number of nitrogens with one attached hydrogen (secondary N) is 1. The van der Waals surface area contributed by atoms with E-state index in [-0.39, 0.29) is 29.5 Å². The van der Waals surface area contributed by atoms with Crippen LogP contribution in [0.3, 0.4) is 0 Å². The number of halogens is 1. The van der Waals surface area contributed by atoms with Crippen molar-refractivity contribution in [2.24, 2.45) is 5.10 Å². The van der Waals surface area contributed by atoms with Crippen LogP contribution in [0, 0.1) is 5.82 Å². The van der Waals surface area contributed by atoms with Crippen LogP contribution in [-0.2, 0) is 24.3 Å². The number of nitrogens with zero attached hydrogens (tertiary/aromatic N) is 2. The third-order valence-corrected chi connectivity index (χ3v) is 7.14. The summed E-state index contributed by atoms with van der Waals surface area (Å²) < 4.78 is 62.2. The van der Waals surface area contributed by atoms with Gasteiger partial charge in [-0.15, -0.1) is 0 Å². The Balaban J connectivity index is 1.47. The fraction of sp³-hybridized carbons (Fsp3) is 0.192. The van der Waals surface area contributed by atoms with E-state index in [9.17, 15) is 22.4 Å². The van der Waals surface area contributed by atoms with Gasteiger partial charge in [-0.3, -0.25) is 9.10 Å². The summed E-state index contributed by atoms with van der Waals surface area (Å²) in [6.45, 7) is -0.267. The van der Waals surface area contributed by atoms with Crippen molar-refractivity contribution in [1.82, 2.24) is 5.43 Å². The monoisotopic (exact) mass is 557 g/mol. The predicted octanol–water partition coefficient (Wildman–Crippen LogP) is 2.49. The molecule has 1 amide bonds. The maximum absolute atomic E-state index is 13.6. The highest BCUT2D eigenvalue weighted by molar-refractivity contribution is 7.92. The molecule has 0 aromatic heterocycles. The van der Waals surface area contributed by atoms with Crippen LogP contribution in [0.15, 0.2) is 76.7 Å². The number of hydrogen-bond donors (Lipinski definition) is 1. The van der Waals surface area contributed by atoms with Crippen LogP contribution in [-0.4, -0.2) is 60.0 Å². The van der Waals surface area contributed by atoms with E-state index in [4.69, 9.17) is 14.2 Å². The number of esters is 1. The molecule has 11 nitrogen and oxygen atoms in total. The van der Waals surface area contributed by atoms with Crippen LogP contribution >= 0.6 is 0 Å². The lowest BCUT2D eigenvalue weighted by molar-refractivity contribution is -0.142. The summed E-state index contributed by atoms with van der Waals surface area (Å²) in [5, 5.41) is 3.87. The van der Waals surface area contributed by atoms with Crippen LogP contribution < -0.4 is 23.9 Å². The number of anilines is 1. The van der Waals surface area contributed by atoms with Gasteiger partial charge in [0.05, 0.1) is 23.9 Å². The van der Waals surface area contributed by atoms with Gasteiger partial charge in [0.2, 0.25) is 0 Å². The lowest BCUT2D eigenvalue weighted by Gasteiger charge is -2.25. The first-order valence-corrected chi connectivity index (χ1v) is 13.0. The Kier molecular flexibility index (Phi) is 8.61. The minimum atomic E-state index is -4.28. The minimum absolute atomic E-state index is 0.0768. The molecule has 0 radical (unpaired) electrons. The molecule has 3 aromatic carbocycles. The molecule has 3 aromatic rings. The van der Waals surface area contributed by atoms with Crippen LogP contribution in [0.25, 0.3) is 0 Å². The number of carbonyl (C=O) groups is 2. The summed E-state index contributed by atoms with van der Waals surface area (Å²) in [6.07, 6.45) is 1.35. The average molecular weight is 558 g/mol. The van der Waals surface area contributed by atoms with Crippen molar-refractivity contribution in [2.75, 3.05) is 37.8 Å². The molecule has 1 heterocycles. The number of methoxy groups -OCH3 is 1. The van der Waals surface area contributed by atoms with Gasteiger partial charge >= 0.3 is 5.97 Å². The Morgan fingerprint density at radius 2 is 1.72 bits per heavy atom. The van der Waals surface area contributed by atoms with E-state index in [0.29, 0.717) is 23.7 Å². The van der Waals surface area contributed by atoms with Gasteiger partial charge in [0.25, 0.3) is 15.9 Å². The van der Waals surface area contributed by atoms with Gasteiger partial charge in [-0.2, -0.15) is 5.10 Å². The predicted molar refractivity (Wildman–Crippen MR) is 138 cm³/mol. The highest BCUT2D eigenvalue weighted by Crippen LogP contribution is 2.34. The van der Waals surface area contributed by atoms with Crippen molar-refractivity contribution in [3.63, 3.8) is 0 Å². The molecule has 0 atom stereocenters. The molecule has 4 rings (SSSR count). The van der Waals surface area contributed by atoms with E-state index in [1.165, 1.54) is 43.7 Å². The number of ether oxygens (including phenoxy) is 4. The molecule has 1 aliphatic rings. The summed E-state index contributed by atoms with van der Waals surface area (Å²) in [7, 11) is -3.02. The van der Waals surface area contributed by atoms with E-state index >= 15 is 0 Å². The normalized spacial score (nSPS) is 12.6. The summed E-state index contributed by atoms with van der Waals surface area (Å²) >= 11 is 0. The van der Waals surface area contributed by atoms with E-state index in [2.05, 4.69) is 15.3 Å². The molecule has 13 heteroatoms. The fourth-order valence-electron chi connectivity index (χ4n) is 3.43. The van der Waals surface area contributed by atoms with Gasteiger partial charge in [-0.05, 0) is 66.2 Å². The zero-order valence-corrected chi connectivity index (χ0v) is 21.5. The first-order valence-electron chi connectivity index (χ1n) is 11.6. The highest BCUT2D eigenvalue weighted by atomic mass is 32.2. The number of fused-ring (bicyclic) bond motifs is 1. The fourth-order valence-corrected chi connectivity index (χ4v) is 4.87. The first kappa shape index (κ1) is 27.4. The number of amides is 1. The molecule has 1 aliphatic heterocycles. The molecular formula is C26H24FN3O8S. The third kappa shape index (κ3) is 7.02. The minimum Gasteiger partial charge on any atom is -0.486 e. The zero-order chi connectivity index (χ0) is 27.8. The molecule has 0 saturated heterocycles. The van der Waals surface area contributed by atoms with Gasteiger partial charge in [-0.1, -0.05) is 0 Å². The average Bonchev–Trinajstić information content (AvgIpc) is 2.95. The number of hydrogen-bond acceptors (Lipinski definition) is 9. The second-order valence-corrected chi connectivity index (χ2v) is 9.88. The van der Waals surface area contributed by atoms with E-state index < -0.39 is 34.3 Å². The standard InChI is InChI=1S/C26H24FN3O8S/c1-35-26(32)17-38-21-8-2-18(3-9-21)15-28-29-25(31)16-30(20-6-4-19(27)5-7-20)39(33,34)22-10-11-23-24(14-22)37-13-12-36-23/h2-11,14-15H,12-13,16-17H2,1H3,(H,29,31)/b28-15-. The summed E-state index contributed by atoms with van der Waals surface area (Å²) in [6, 6.07) is 15.3. The van der Waals surface area contributed by atoms with Gasteiger partial charge in [0.15, 0.2) is 18.1 Å². The number of benzene rings is 3. The molecule has 0 bridgehead atoms. The van der Waals surface area contributed by atoms with Crippen LogP contribution in [0.4, 0.5) is 10.1 Å². The molecule has 39 heavy (non-hydrogen) atoms. The number of hydrazone groups is 1. The molecule has 0 spiro atoms. The van der Waals surface area contributed by atoms with Crippen molar-refractivity contribution in [2.45, 2.75) is 4.90 Å². The SMILES string of the molecule is COC(=O)COc1ccc(/C=N\NC(=O)CN(c2ccc(F)cc2)S(=O)(=O)c2ccc3c(c2)OCCO3)cc1. The maximum Gasteiger partial charge on any atom is 0.343 e. The van der Waals surface area contributed by atoms with E-state index in [1.807, 2.05) is 0 Å². The Bertz CT molecular complexity index is 1460. The zero-order valence-electron chi connectivity index (χ0n) is 20.7. The molecule has 0 aliphatic carbocycles. The second-order valence-electron chi connectivity index (χ2n) is 8.02. The van der Waals surface area contributed by atoms with Gasteiger partial charge < -0.3 is 18.9 Å². The Morgan fingerprint density at radius 3 is 2.41 bits per heavy atom. The highest BCUT2D eigenvalue weighted by Gasteiger charge is 2.29. The summed E-state index contributed by atoms with van der Waals surface area (Å²) in [4.78, 5) is 23.7. The summed E-state index contributed by atoms with van der Waals surface area (Å²) in [5.41, 5.74) is 2.97. The Morgan fingerprint density at radius 1 is 1.03 bits per heavy atom. The molecule has 1 N–H and O–H groups in total. The van der Waals surface area contributed by atoms with Gasteiger partial charge in [-0.25, -0.2) is 23.0 Å². The molecule has 0 unspecified atom stereocenters. The lowest BCUT2D eigenvalue weighted by atomic mass is 10.2. The van der Waals surface area contributed by atoms with Gasteiger partial charge in [0, 0.05) is 6.07 Å². The van der Waals surface area contributed by atoms with Crippen LogP contribution in [0.1, 0.15) is 5.56 Å². The topological polar surface area (TPSA) is 133 Å². The van der Waals surface area contributed by atoms with E-state index in [0.717, 1.165) is 16.4 Å². The molecule has 0 saturated carbocycles. The number of carbonyl (C=O) groups excluding carboxylic acids is 2. The number of rotatable bonds is 10. The summed E-state index contributed by atoms with van der Waals surface area (Å²) in [5.74, 6) is -0.725. The van der Waals surface area contributed by atoms with Crippen LogP contribution in [0.2, 0.25) is 0 Å². The lowest BCUT2D eigenvalue weighted by Crippen LogP contribution is -2.39. The second kappa shape index (κ2) is 12.3. The maximum atomic E-state index is 13.6. The van der Waals surface area contributed by atoms with Crippen molar-refractivity contribution >= 4 is 33.8 Å². The third-order valence-electron chi connectivity index (χ3n) is 5.37. The van der Waals surface area contributed by atoms with Crippen molar-refractivity contribution < 1.29 is 41.3 Å². The largest absolute Gasteiger partial charge is 0.486 e. The van der Waals surface area contributed by atoms with Crippen molar-refractivity contribution in [3.05, 3.63) is 78.1 Å². The molecule has 0 fully saturated rings. The Hall–Kier alpha value is -4.65. The van der Waals surface area contributed by atoms with Crippen molar-refractivity contribution in [1.29, 1.82) is 0 Å². The van der Waals surface area contributed by atoms with Crippen LogP contribution in [0.5, 0.6) is 17.2 Å². The quantitative estimate of drug-likeness (QED) is 0.228. The number of sulfonamides is 1. The van der Waals surface area contributed by atoms with Crippen molar-refractivity contribution in [3.8, 4) is 17.2 Å². The van der Waals surface area contributed by atoms with Gasteiger partial charge in [0.1, 0.15) is 31.3 Å². The first-order chi connectivity index (χ1) is 18.8. The molecule has 204 valence electrons.